The van der Waals surface area contributed by atoms with E-state index in [-0.39, 0.29) is 34.4 Å². The molecule has 1 heterocycles. The van der Waals surface area contributed by atoms with Crippen LogP contribution in [-0.4, -0.2) is 24.3 Å². The van der Waals surface area contributed by atoms with Crippen LogP contribution in [0.2, 0.25) is 0 Å². The molecule has 3 unspecified atom stereocenters. The molecular weight excluding hydrogens is 288 g/mol. The molecule has 0 radical (unpaired) electrons. The minimum Gasteiger partial charge on any atom is -0.455 e. The van der Waals surface area contributed by atoms with E-state index in [0.717, 1.165) is 32.3 Å². The Morgan fingerprint density at radius 3 is 2.43 bits per heavy atom. The number of ether oxygens (including phenoxy) is 2. The molecule has 0 aromatic heterocycles. The third-order valence-corrected chi connectivity index (χ3v) is 7.89. The lowest BCUT2D eigenvalue weighted by atomic mass is 9.65. The normalized spacial score (nSPS) is 42.7. The summed E-state index contributed by atoms with van der Waals surface area (Å²) in [4.78, 5) is 12.8. The van der Waals surface area contributed by atoms with Crippen LogP contribution in [-0.2, 0) is 14.3 Å². The summed E-state index contributed by atoms with van der Waals surface area (Å²) in [6.07, 6.45) is 5.58. The zero-order valence-electron chi connectivity index (χ0n) is 15.4. The molecule has 3 aliphatic rings. The smallest absolute Gasteiger partial charge is 0.334 e. The van der Waals surface area contributed by atoms with Gasteiger partial charge in [0, 0.05) is 23.5 Å². The summed E-state index contributed by atoms with van der Waals surface area (Å²) in [7, 11) is 0. The van der Waals surface area contributed by atoms with Crippen LogP contribution in [0.1, 0.15) is 66.7 Å². The van der Waals surface area contributed by atoms with E-state index in [1.54, 1.807) is 0 Å². The molecule has 3 fully saturated rings. The maximum Gasteiger partial charge on any atom is 0.334 e. The summed E-state index contributed by atoms with van der Waals surface area (Å²) >= 11 is 0. The number of rotatable bonds is 4. The number of hydrogen-bond acceptors (Lipinski definition) is 3. The molecule has 0 aromatic rings. The first kappa shape index (κ1) is 17.0. The highest BCUT2D eigenvalue weighted by Crippen LogP contribution is 2.70. The van der Waals surface area contributed by atoms with Crippen LogP contribution >= 0.6 is 0 Å². The molecule has 2 saturated carbocycles. The predicted octanol–water partition coefficient (Wildman–Crippen LogP) is 4.51. The molecule has 0 spiro atoms. The maximum atomic E-state index is 12.8. The highest BCUT2D eigenvalue weighted by Gasteiger charge is 2.68. The third-order valence-electron chi connectivity index (χ3n) is 7.89. The van der Waals surface area contributed by atoms with Crippen LogP contribution in [0.5, 0.6) is 0 Å². The minimum absolute atomic E-state index is 0.0352. The van der Waals surface area contributed by atoms with Crippen molar-refractivity contribution in [2.75, 3.05) is 6.61 Å². The van der Waals surface area contributed by atoms with Gasteiger partial charge < -0.3 is 9.47 Å². The molecular formula is C20H32O3. The Morgan fingerprint density at radius 2 is 1.96 bits per heavy atom. The molecule has 3 heteroatoms. The molecule has 130 valence electrons. The lowest BCUT2D eigenvalue weighted by Crippen LogP contribution is -2.48. The standard InChI is InChI=1S/C20H32O3/c1-13(16-8-7-11-22-16)14(2)17(21)23-20(6)12-15-9-10-19(20,5)18(15,3)4/h13,15-16H,2,7-12H2,1,3-6H3/t13?,15-,16?,19+,20?/m1/s1. The highest BCUT2D eigenvalue weighted by atomic mass is 16.6. The van der Waals surface area contributed by atoms with E-state index in [0.29, 0.717) is 11.5 Å². The van der Waals surface area contributed by atoms with Gasteiger partial charge in [0.1, 0.15) is 5.60 Å². The van der Waals surface area contributed by atoms with Crippen molar-refractivity contribution in [3.05, 3.63) is 12.2 Å². The van der Waals surface area contributed by atoms with Gasteiger partial charge in [-0.25, -0.2) is 4.79 Å². The van der Waals surface area contributed by atoms with Gasteiger partial charge in [0.05, 0.1) is 6.10 Å². The minimum atomic E-state index is -0.379. The molecule has 1 saturated heterocycles. The first-order valence-corrected chi connectivity index (χ1v) is 9.16. The van der Waals surface area contributed by atoms with Gasteiger partial charge in [0.2, 0.25) is 0 Å². The molecule has 2 bridgehead atoms. The highest BCUT2D eigenvalue weighted by molar-refractivity contribution is 5.88. The third kappa shape index (κ3) is 2.30. The molecule has 1 aliphatic heterocycles. The fraction of sp³-hybridized carbons (Fsp3) is 0.850. The molecule has 0 aromatic carbocycles. The van der Waals surface area contributed by atoms with Crippen molar-refractivity contribution in [1.29, 1.82) is 0 Å². The molecule has 3 rings (SSSR count). The fourth-order valence-corrected chi connectivity index (χ4v) is 5.43. The summed E-state index contributed by atoms with van der Waals surface area (Å²) in [6.45, 7) is 16.0. The van der Waals surface area contributed by atoms with Crippen molar-refractivity contribution in [3.63, 3.8) is 0 Å². The molecule has 0 amide bonds. The van der Waals surface area contributed by atoms with Crippen LogP contribution in [0.15, 0.2) is 12.2 Å². The Morgan fingerprint density at radius 1 is 1.26 bits per heavy atom. The van der Waals surface area contributed by atoms with E-state index in [1.165, 1.54) is 6.42 Å². The van der Waals surface area contributed by atoms with Gasteiger partial charge in [0.15, 0.2) is 0 Å². The van der Waals surface area contributed by atoms with Crippen LogP contribution in [0.4, 0.5) is 0 Å². The lowest BCUT2D eigenvalue weighted by Gasteiger charge is -2.46. The van der Waals surface area contributed by atoms with Crippen LogP contribution in [0, 0.1) is 22.7 Å². The average Bonchev–Trinajstić information content (AvgIpc) is 3.12. The van der Waals surface area contributed by atoms with E-state index >= 15 is 0 Å². The molecule has 3 nitrogen and oxygen atoms in total. The first-order chi connectivity index (χ1) is 10.6. The monoisotopic (exact) mass is 320 g/mol. The van der Waals surface area contributed by atoms with Crippen LogP contribution in [0.25, 0.3) is 0 Å². The Bertz CT molecular complexity index is 517. The van der Waals surface area contributed by atoms with Crippen molar-refractivity contribution in [2.24, 2.45) is 22.7 Å². The van der Waals surface area contributed by atoms with Crippen molar-refractivity contribution in [2.45, 2.75) is 78.4 Å². The van der Waals surface area contributed by atoms with E-state index in [4.69, 9.17) is 9.47 Å². The van der Waals surface area contributed by atoms with Gasteiger partial charge in [-0.3, -0.25) is 0 Å². The van der Waals surface area contributed by atoms with Crippen molar-refractivity contribution in [1.82, 2.24) is 0 Å². The fourth-order valence-electron chi connectivity index (χ4n) is 5.43. The van der Waals surface area contributed by atoms with Crippen LogP contribution in [0.3, 0.4) is 0 Å². The van der Waals surface area contributed by atoms with Gasteiger partial charge in [-0.1, -0.05) is 34.3 Å². The number of esters is 1. The number of hydrogen-bond donors (Lipinski definition) is 0. The SMILES string of the molecule is C=C(C(=O)OC1(C)C[C@H]2CC[C@@]1(C)C2(C)C)C(C)C1CCCO1. The quantitative estimate of drug-likeness (QED) is 0.565. The van der Waals surface area contributed by atoms with Crippen molar-refractivity contribution < 1.29 is 14.3 Å². The Balaban J connectivity index is 1.72. The van der Waals surface area contributed by atoms with Gasteiger partial charge in [0.25, 0.3) is 0 Å². The summed E-state index contributed by atoms with van der Waals surface area (Å²) in [6, 6.07) is 0. The lowest BCUT2D eigenvalue weighted by molar-refractivity contribution is -0.171. The Hall–Kier alpha value is -0.830. The summed E-state index contributed by atoms with van der Waals surface area (Å²) in [5.74, 6) is 0.460. The van der Waals surface area contributed by atoms with E-state index in [1.807, 2.05) is 6.92 Å². The maximum absolute atomic E-state index is 12.8. The average molecular weight is 320 g/mol. The van der Waals surface area contributed by atoms with Gasteiger partial charge in [-0.05, 0) is 50.4 Å². The van der Waals surface area contributed by atoms with E-state index in [9.17, 15) is 4.79 Å². The van der Waals surface area contributed by atoms with Crippen molar-refractivity contribution >= 4 is 5.97 Å². The second-order valence-corrected chi connectivity index (χ2v) is 8.98. The zero-order chi connectivity index (χ0) is 17.0. The summed E-state index contributed by atoms with van der Waals surface area (Å²) < 4.78 is 11.8. The van der Waals surface area contributed by atoms with E-state index in [2.05, 4.69) is 34.3 Å². The second kappa shape index (κ2) is 5.34. The largest absolute Gasteiger partial charge is 0.455 e. The van der Waals surface area contributed by atoms with Gasteiger partial charge in [-0.15, -0.1) is 0 Å². The number of carbonyl (C=O) groups excluding carboxylic acids is 1. The van der Waals surface area contributed by atoms with Gasteiger partial charge >= 0.3 is 5.97 Å². The zero-order valence-corrected chi connectivity index (χ0v) is 15.4. The van der Waals surface area contributed by atoms with E-state index < -0.39 is 0 Å². The Kier molecular flexibility index (Phi) is 3.95. The van der Waals surface area contributed by atoms with Crippen LogP contribution < -0.4 is 0 Å². The second-order valence-electron chi connectivity index (χ2n) is 8.98. The van der Waals surface area contributed by atoms with Gasteiger partial charge in [-0.2, -0.15) is 0 Å². The molecule has 23 heavy (non-hydrogen) atoms. The number of carbonyl (C=O) groups is 1. The van der Waals surface area contributed by atoms with Crippen molar-refractivity contribution in [3.8, 4) is 0 Å². The molecule has 2 aliphatic carbocycles. The number of fused-ring (bicyclic) bond motifs is 2. The first-order valence-electron chi connectivity index (χ1n) is 9.16. The summed E-state index contributed by atoms with van der Waals surface area (Å²) in [5.41, 5.74) is 0.467. The molecule has 0 N–H and O–H groups in total. The Labute approximate surface area is 140 Å². The summed E-state index contributed by atoms with van der Waals surface area (Å²) in [5, 5.41) is 0. The topological polar surface area (TPSA) is 35.5 Å². The molecule has 5 atom stereocenters. The predicted molar refractivity (Wildman–Crippen MR) is 91.0 cm³/mol.